The Balaban J connectivity index is 1.36. The van der Waals surface area contributed by atoms with E-state index in [1.54, 1.807) is 0 Å². The van der Waals surface area contributed by atoms with E-state index in [0.29, 0.717) is 5.92 Å². The van der Waals surface area contributed by atoms with E-state index >= 15 is 0 Å². The van der Waals surface area contributed by atoms with Crippen molar-refractivity contribution in [2.45, 2.75) is 25.0 Å². The third kappa shape index (κ3) is 2.74. The largest absolute Gasteiger partial charge is 0.376 e. The molecule has 0 atom stereocenters. The average molecular weight is 247 g/mol. The summed E-state index contributed by atoms with van der Waals surface area (Å²) in [6.07, 6.45) is 2.30. The Hall–Kier alpha value is -0.900. The molecule has 1 aromatic rings. The van der Waals surface area contributed by atoms with Gasteiger partial charge >= 0.3 is 0 Å². The average Bonchev–Trinajstić information content (AvgIpc) is 2.39. The van der Waals surface area contributed by atoms with E-state index in [2.05, 4.69) is 29.6 Å². The third-order valence-electron chi connectivity index (χ3n) is 3.92. The Labute approximate surface area is 108 Å². The number of nitrogens with one attached hydrogen (secondary N) is 1. The molecule has 98 valence electrons. The van der Waals surface area contributed by atoms with Gasteiger partial charge in [0.05, 0.1) is 25.4 Å². The minimum Gasteiger partial charge on any atom is -0.376 e. The molecule has 2 aliphatic rings. The van der Waals surface area contributed by atoms with Gasteiger partial charge in [0.2, 0.25) is 0 Å². The SMILES string of the molecule is c1ccc(COCC2CC3(CNCCO3)C2)cc1. The van der Waals surface area contributed by atoms with Crippen LogP contribution in [0.25, 0.3) is 0 Å². The molecule has 0 unspecified atom stereocenters. The monoisotopic (exact) mass is 247 g/mol. The predicted molar refractivity (Wildman–Crippen MR) is 70.4 cm³/mol. The normalized spacial score (nSPS) is 31.2. The van der Waals surface area contributed by atoms with Crippen molar-refractivity contribution in [3.05, 3.63) is 35.9 Å². The van der Waals surface area contributed by atoms with Gasteiger partial charge in [0.25, 0.3) is 0 Å². The van der Waals surface area contributed by atoms with E-state index in [1.165, 1.54) is 5.56 Å². The maximum Gasteiger partial charge on any atom is 0.0813 e. The zero-order valence-electron chi connectivity index (χ0n) is 10.7. The Kier molecular flexibility index (Phi) is 3.64. The number of hydrogen-bond acceptors (Lipinski definition) is 3. The van der Waals surface area contributed by atoms with Gasteiger partial charge in [-0.25, -0.2) is 0 Å². The van der Waals surface area contributed by atoms with Crippen LogP contribution in [-0.2, 0) is 16.1 Å². The molecule has 0 radical (unpaired) electrons. The second-order valence-electron chi connectivity index (χ2n) is 5.48. The molecule has 1 aliphatic carbocycles. The summed E-state index contributed by atoms with van der Waals surface area (Å²) in [6, 6.07) is 10.4. The molecule has 1 heterocycles. The van der Waals surface area contributed by atoms with Gasteiger partial charge in [0.1, 0.15) is 0 Å². The highest BCUT2D eigenvalue weighted by Gasteiger charge is 2.46. The number of hydrogen-bond donors (Lipinski definition) is 1. The van der Waals surface area contributed by atoms with Crippen LogP contribution in [0, 0.1) is 5.92 Å². The number of ether oxygens (including phenoxy) is 2. The topological polar surface area (TPSA) is 30.5 Å². The summed E-state index contributed by atoms with van der Waals surface area (Å²) in [7, 11) is 0. The Bertz CT molecular complexity index is 365. The van der Waals surface area contributed by atoms with E-state index in [-0.39, 0.29) is 5.60 Å². The van der Waals surface area contributed by atoms with Crippen molar-refractivity contribution >= 4 is 0 Å². The molecule has 1 saturated heterocycles. The predicted octanol–water partition coefficient (Wildman–Crippen LogP) is 1.97. The fraction of sp³-hybridized carbons (Fsp3) is 0.600. The standard InChI is InChI=1S/C15H21NO2/c1-2-4-13(5-3-1)10-17-11-14-8-15(9-14)12-16-6-7-18-15/h1-5,14,16H,6-12H2. The highest BCUT2D eigenvalue weighted by atomic mass is 16.5. The highest BCUT2D eigenvalue weighted by Crippen LogP contribution is 2.41. The highest BCUT2D eigenvalue weighted by molar-refractivity contribution is 5.13. The first-order valence-corrected chi connectivity index (χ1v) is 6.83. The van der Waals surface area contributed by atoms with E-state index in [9.17, 15) is 0 Å². The third-order valence-corrected chi connectivity index (χ3v) is 3.92. The Morgan fingerprint density at radius 1 is 1.28 bits per heavy atom. The van der Waals surface area contributed by atoms with Gasteiger partial charge in [-0.05, 0) is 24.3 Å². The van der Waals surface area contributed by atoms with Gasteiger partial charge in [-0.2, -0.15) is 0 Å². The quantitative estimate of drug-likeness (QED) is 0.882. The first-order chi connectivity index (χ1) is 8.86. The van der Waals surface area contributed by atoms with Crippen LogP contribution in [0.1, 0.15) is 18.4 Å². The van der Waals surface area contributed by atoms with Crippen LogP contribution in [0.15, 0.2) is 30.3 Å². The molecule has 1 aliphatic heterocycles. The van der Waals surface area contributed by atoms with Crippen LogP contribution in [0.4, 0.5) is 0 Å². The molecule has 1 aromatic carbocycles. The van der Waals surface area contributed by atoms with Crippen LogP contribution in [-0.4, -0.2) is 31.9 Å². The lowest BCUT2D eigenvalue weighted by molar-refractivity contribution is -0.154. The van der Waals surface area contributed by atoms with E-state index in [4.69, 9.17) is 9.47 Å². The fourth-order valence-electron chi connectivity index (χ4n) is 3.00. The Morgan fingerprint density at radius 3 is 2.83 bits per heavy atom. The summed E-state index contributed by atoms with van der Waals surface area (Å²) in [5.41, 5.74) is 1.39. The molecule has 3 heteroatoms. The van der Waals surface area contributed by atoms with Crippen LogP contribution in [0.5, 0.6) is 0 Å². The van der Waals surface area contributed by atoms with Gasteiger partial charge in [-0.15, -0.1) is 0 Å². The second-order valence-corrected chi connectivity index (χ2v) is 5.48. The molecule has 1 saturated carbocycles. The van der Waals surface area contributed by atoms with E-state index < -0.39 is 0 Å². The van der Waals surface area contributed by atoms with Crippen molar-refractivity contribution in [1.82, 2.24) is 5.32 Å². The molecular weight excluding hydrogens is 226 g/mol. The van der Waals surface area contributed by atoms with Crippen molar-refractivity contribution in [2.24, 2.45) is 5.92 Å². The minimum atomic E-state index is 0.138. The molecule has 0 bridgehead atoms. The van der Waals surface area contributed by atoms with Gasteiger partial charge in [-0.1, -0.05) is 30.3 Å². The van der Waals surface area contributed by atoms with E-state index in [0.717, 1.165) is 45.8 Å². The summed E-state index contributed by atoms with van der Waals surface area (Å²) >= 11 is 0. The molecule has 1 N–H and O–H groups in total. The lowest BCUT2D eigenvalue weighted by atomic mass is 9.70. The molecule has 0 amide bonds. The number of rotatable bonds is 4. The van der Waals surface area contributed by atoms with Crippen molar-refractivity contribution in [2.75, 3.05) is 26.3 Å². The molecule has 18 heavy (non-hydrogen) atoms. The fourth-order valence-corrected chi connectivity index (χ4v) is 3.00. The van der Waals surface area contributed by atoms with Crippen molar-refractivity contribution < 1.29 is 9.47 Å². The molecule has 3 nitrogen and oxygen atoms in total. The first-order valence-electron chi connectivity index (χ1n) is 6.83. The summed E-state index contributed by atoms with van der Waals surface area (Å²) in [5, 5.41) is 3.41. The maximum atomic E-state index is 5.88. The van der Waals surface area contributed by atoms with Crippen molar-refractivity contribution in [1.29, 1.82) is 0 Å². The Morgan fingerprint density at radius 2 is 2.11 bits per heavy atom. The van der Waals surface area contributed by atoms with Crippen molar-refractivity contribution in [3.8, 4) is 0 Å². The van der Waals surface area contributed by atoms with Gasteiger partial charge < -0.3 is 14.8 Å². The summed E-state index contributed by atoms with van der Waals surface area (Å²) < 4.78 is 11.7. The molecule has 1 spiro atoms. The van der Waals surface area contributed by atoms with E-state index in [1.807, 2.05) is 6.07 Å². The number of benzene rings is 1. The smallest absolute Gasteiger partial charge is 0.0813 e. The summed E-state index contributed by atoms with van der Waals surface area (Å²) in [6.45, 7) is 4.46. The first kappa shape index (κ1) is 12.2. The zero-order chi connectivity index (χ0) is 12.3. The van der Waals surface area contributed by atoms with Gasteiger partial charge in [-0.3, -0.25) is 0 Å². The summed E-state index contributed by atoms with van der Waals surface area (Å²) in [4.78, 5) is 0. The van der Waals surface area contributed by atoms with Crippen LogP contribution < -0.4 is 5.32 Å². The number of morpholine rings is 1. The zero-order valence-corrected chi connectivity index (χ0v) is 10.7. The minimum absolute atomic E-state index is 0.138. The van der Waals surface area contributed by atoms with Crippen LogP contribution >= 0.6 is 0 Å². The second kappa shape index (κ2) is 5.39. The summed E-state index contributed by atoms with van der Waals surface area (Å²) in [5.74, 6) is 0.675. The van der Waals surface area contributed by atoms with Crippen molar-refractivity contribution in [3.63, 3.8) is 0 Å². The maximum absolute atomic E-state index is 5.88. The molecule has 2 fully saturated rings. The lowest BCUT2D eigenvalue weighted by Crippen LogP contribution is -2.58. The van der Waals surface area contributed by atoms with Gasteiger partial charge in [0, 0.05) is 13.1 Å². The van der Waals surface area contributed by atoms with Gasteiger partial charge in [0.15, 0.2) is 0 Å². The molecule has 3 rings (SSSR count). The molecular formula is C15H21NO2. The molecule has 0 aromatic heterocycles. The van der Waals surface area contributed by atoms with Crippen LogP contribution in [0.3, 0.4) is 0 Å². The lowest BCUT2D eigenvalue weighted by Gasteiger charge is -2.49. The van der Waals surface area contributed by atoms with Crippen LogP contribution in [0.2, 0.25) is 0 Å².